The van der Waals surface area contributed by atoms with Crippen LogP contribution in [0.15, 0.2) is 72.9 Å². The van der Waals surface area contributed by atoms with Crippen molar-refractivity contribution >= 4 is 21.8 Å². The number of rotatable bonds is 2. The number of aromatic nitrogens is 2. The van der Waals surface area contributed by atoms with E-state index in [1.807, 2.05) is 24.4 Å². The summed E-state index contributed by atoms with van der Waals surface area (Å²) in [6.07, 6.45) is 1.83. The molecule has 0 saturated heterocycles. The van der Waals surface area contributed by atoms with E-state index in [0.29, 0.717) is 11.8 Å². The van der Waals surface area contributed by atoms with E-state index in [1.54, 1.807) is 0 Å². The van der Waals surface area contributed by atoms with Crippen LogP contribution in [0.5, 0.6) is 0 Å². The minimum absolute atomic E-state index is 0.504. The first-order valence-electron chi connectivity index (χ1n) is 9.25. The van der Waals surface area contributed by atoms with Crippen LogP contribution in [-0.4, -0.2) is 9.97 Å². The molecular formula is C24H26N2. The lowest BCUT2D eigenvalue weighted by molar-refractivity contribution is 0.830. The van der Waals surface area contributed by atoms with Crippen molar-refractivity contribution in [3.05, 3.63) is 84.2 Å². The van der Waals surface area contributed by atoms with E-state index in [-0.39, 0.29) is 0 Å². The summed E-state index contributed by atoms with van der Waals surface area (Å²) in [5.74, 6) is 1.09. The van der Waals surface area contributed by atoms with Crippen molar-refractivity contribution < 1.29 is 0 Å². The second kappa shape index (κ2) is 8.09. The molecule has 2 heterocycles. The third kappa shape index (κ3) is 4.26. The molecule has 2 aromatic carbocycles. The molecule has 0 amide bonds. The van der Waals surface area contributed by atoms with Crippen LogP contribution in [0.25, 0.3) is 21.8 Å². The first-order valence-corrected chi connectivity index (χ1v) is 9.25. The highest BCUT2D eigenvalue weighted by Crippen LogP contribution is 2.19. The van der Waals surface area contributed by atoms with Crippen LogP contribution in [0.3, 0.4) is 0 Å². The Hall–Kier alpha value is -2.74. The zero-order chi connectivity index (χ0) is 18.5. The monoisotopic (exact) mass is 342 g/mol. The van der Waals surface area contributed by atoms with Crippen LogP contribution >= 0.6 is 0 Å². The molecule has 0 radical (unpaired) electrons. The van der Waals surface area contributed by atoms with Gasteiger partial charge in [0.15, 0.2) is 0 Å². The number of fused-ring (bicyclic) bond motifs is 2. The largest absolute Gasteiger partial charge is 0.256 e. The van der Waals surface area contributed by atoms with Crippen molar-refractivity contribution in [1.29, 1.82) is 0 Å². The Morgan fingerprint density at radius 2 is 1.42 bits per heavy atom. The summed E-state index contributed by atoms with van der Waals surface area (Å²) in [6, 6.07) is 23.0. The van der Waals surface area contributed by atoms with Gasteiger partial charge >= 0.3 is 0 Å². The maximum absolute atomic E-state index is 4.57. The molecule has 0 atom stereocenters. The molecule has 0 N–H and O–H groups in total. The zero-order valence-corrected chi connectivity index (χ0v) is 16.0. The van der Waals surface area contributed by atoms with Crippen LogP contribution in [0.2, 0.25) is 0 Å². The summed E-state index contributed by atoms with van der Waals surface area (Å²) in [6.45, 7) is 8.74. The van der Waals surface area contributed by atoms with Crippen LogP contribution in [0, 0.1) is 0 Å². The fourth-order valence-electron chi connectivity index (χ4n) is 2.86. The van der Waals surface area contributed by atoms with E-state index in [2.05, 4.69) is 86.2 Å². The Morgan fingerprint density at radius 3 is 2.19 bits per heavy atom. The Morgan fingerprint density at radius 1 is 0.654 bits per heavy atom. The van der Waals surface area contributed by atoms with E-state index >= 15 is 0 Å². The molecule has 132 valence electrons. The Balaban J connectivity index is 0.000000151. The maximum atomic E-state index is 4.57. The van der Waals surface area contributed by atoms with Gasteiger partial charge in [0.1, 0.15) is 0 Å². The fraction of sp³-hybridized carbons (Fsp3) is 0.250. The van der Waals surface area contributed by atoms with Crippen LogP contribution in [0.1, 0.15) is 50.8 Å². The van der Waals surface area contributed by atoms with Crippen molar-refractivity contribution in [3.8, 4) is 0 Å². The first-order chi connectivity index (χ1) is 12.5. The van der Waals surface area contributed by atoms with Gasteiger partial charge < -0.3 is 0 Å². The molecule has 26 heavy (non-hydrogen) atoms. The molecule has 0 fully saturated rings. The lowest BCUT2D eigenvalue weighted by Crippen LogP contribution is -1.91. The van der Waals surface area contributed by atoms with Gasteiger partial charge in [0.05, 0.1) is 11.0 Å². The summed E-state index contributed by atoms with van der Waals surface area (Å²) in [4.78, 5) is 8.86. The van der Waals surface area contributed by atoms with Gasteiger partial charge in [0.25, 0.3) is 0 Å². The maximum Gasteiger partial charge on any atom is 0.0705 e. The molecule has 0 saturated carbocycles. The van der Waals surface area contributed by atoms with Gasteiger partial charge in [-0.3, -0.25) is 9.97 Å². The lowest BCUT2D eigenvalue weighted by atomic mass is 10.0. The summed E-state index contributed by atoms with van der Waals surface area (Å²) in [5.41, 5.74) is 4.71. The van der Waals surface area contributed by atoms with Gasteiger partial charge in [-0.05, 0) is 47.7 Å². The molecule has 4 aromatic rings. The highest BCUT2D eigenvalue weighted by Gasteiger charge is 2.01. The molecule has 0 aliphatic rings. The second-order valence-electron chi connectivity index (χ2n) is 7.19. The van der Waals surface area contributed by atoms with Gasteiger partial charge in [-0.2, -0.15) is 0 Å². The molecule has 2 heteroatoms. The predicted octanol–water partition coefficient (Wildman–Crippen LogP) is 6.72. The Bertz CT molecular complexity index is 920. The van der Waals surface area contributed by atoms with Gasteiger partial charge in [0, 0.05) is 22.7 Å². The Kier molecular flexibility index (Phi) is 5.62. The minimum atomic E-state index is 0.504. The molecule has 0 bridgehead atoms. The van der Waals surface area contributed by atoms with Gasteiger partial charge in [0.2, 0.25) is 0 Å². The average molecular weight is 342 g/mol. The number of nitrogens with zero attached hydrogens (tertiary/aromatic N) is 2. The molecule has 0 unspecified atom stereocenters. The molecule has 0 aliphatic heterocycles. The normalized spacial score (nSPS) is 11.0. The standard InChI is InChI=1S/2C12H13N/c1-9(2)10-5-6-12-11(8-10)4-3-7-13-12;1-9(2)11-8-7-10-5-3-4-6-12(10)13-11/h2*3-9H,1-2H3. The Labute approximate surface area is 155 Å². The average Bonchev–Trinajstić information content (AvgIpc) is 2.67. The minimum Gasteiger partial charge on any atom is -0.256 e. The number of pyridine rings is 2. The molecule has 0 aliphatic carbocycles. The second-order valence-corrected chi connectivity index (χ2v) is 7.19. The molecule has 2 nitrogen and oxygen atoms in total. The smallest absolute Gasteiger partial charge is 0.0705 e. The van der Waals surface area contributed by atoms with Gasteiger partial charge in [-0.1, -0.05) is 64.1 Å². The zero-order valence-electron chi connectivity index (χ0n) is 16.0. The van der Waals surface area contributed by atoms with Crippen molar-refractivity contribution in [2.45, 2.75) is 39.5 Å². The highest BCUT2D eigenvalue weighted by molar-refractivity contribution is 5.79. The van der Waals surface area contributed by atoms with Crippen molar-refractivity contribution in [3.63, 3.8) is 0 Å². The predicted molar refractivity (Wildman–Crippen MR) is 112 cm³/mol. The number of para-hydroxylation sites is 1. The van der Waals surface area contributed by atoms with Crippen LogP contribution in [-0.2, 0) is 0 Å². The third-order valence-electron chi connectivity index (χ3n) is 4.51. The third-order valence-corrected chi connectivity index (χ3v) is 4.51. The quantitative estimate of drug-likeness (QED) is 0.404. The fourth-order valence-corrected chi connectivity index (χ4v) is 2.86. The van der Waals surface area contributed by atoms with E-state index in [1.165, 1.54) is 22.0 Å². The summed E-state index contributed by atoms with van der Waals surface area (Å²) >= 11 is 0. The SMILES string of the molecule is CC(C)c1ccc2ccccc2n1.CC(C)c1ccc2ncccc2c1. The number of hydrogen-bond donors (Lipinski definition) is 0. The van der Waals surface area contributed by atoms with Crippen LogP contribution in [0.4, 0.5) is 0 Å². The molecule has 4 rings (SSSR count). The number of hydrogen-bond acceptors (Lipinski definition) is 2. The molecular weight excluding hydrogens is 316 g/mol. The van der Waals surface area contributed by atoms with Gasteiger partial charge in [-0.15, -0.1) is 0 Å². The topological polar surface area (TPSA) is 25.8 Å². The van der Waals surface area contributed by atoms with Crippen molar-refractivity contribution in [2.75, 3.05) is 0 Å². The van der Waals surface area contributed by atoms with E-state index < -0.39 is 0 Å². The lowest BCUT2D eigenvalue weighted by Gasteiger charge is -2.05. The molecule has 2 aromatic heterocycles. The summed E-state index contributed by atoms with van der Waals surface area (Å²) < 4.78 is 0. The molecule has 0 spiro atoms. The van der Waals surface area contributed by atoms with Gasteiger partial charge in [-0.25, -0.2) is 0 Å². The van der Waals surface area contributed by atoms with Crippen molar-refractivity contribution in [2.24, 2.45) is 0 Å². The van der Waals surface area contributed by atoms with Crippen molar-refractivity contribution in [1.82, 2.24) is 9.97 Å². The number of benzene rings is 2. The highest BCUT2D eigenvalue weighted by atomic mass is 14.7. The van der Waals surface area contributed by atoms with E-state index in [0.717, 1.165) is 11.0 Å². The van der Waals surface area contributed by atoms with E-state index in [9.17, 15) is 0 Å². The first kappa shape index (κ1) is 18.1. The summed E-state index contributed by atoms with van der Waals surface area (Å²) in [5, 5.41) is 2.45. The van der Waals surface area contributed by atoms with E-state index in [4.69, 9.17) is 0 Å². The summed E-state index contributed by atoms with van der Waals surface area (Å²) in [7, 11) is 0. The van der Waals surface area contributed by atoms with Crippen LogP contribution < -0.4 is 0 Å².